The van der Waals surface area contributed by atoms with Crippen molar-refractivity contribution in [2.75, 3.05) is 54.1 Å². The van der Waals surface area contributed by atoms with Crippen LogP contribution in [0.3, 0.4) is 0 Å². The Kier molecular flexibility index (Phi) is 37.7. The maximum absolute atomic E-state index is 12.7. The van der Waals surface area contributed by atoms with Crippen LogP contribution in [-0.4, -0.2) is 75.6 Å². The number of esters is 1. The molecule has 318 valence electrons. The fourth-order valence-electron chi connectivity index (χ4n) is 5.93. The van der Waals surface area contributed by atoms with Crippen molar-refractivity contribution in [2.45, 2.75) is 193 Å². The van der Waals surface area contributed by atoms with Gasteiger partial charge in [-0.1, -0.05) is 147 Å². The predicted octanol–water partition coefficient (Wildman–Crippen LogP) is 13.0. The van der Waals surface area contributed by atoms with Crippen LogP contribution in [0.25, 0.3) is 0 Å². The number of rotatable bonds is 41. The highest BCUT2D eigenvalue weighted by Crippen LogP contribution is 2.43. The maximum atomic E-state index is 12.7. The molecule has 0 saturated heterocycles. The Labute approximate surface area is 334 Å². The van der Waals surface area contributed by atoms with E-state index in [-0.39, 0.29) is 25.8 Å². The quantitative estimate of drug-likeness (QED) is 0.0217. The van der Waals surface area contributed by atoms with Gasteiger partial charge in [0.2, 0.25) is 0 Å². The minimum Gasteiger partial charge on any atom is -0.457 e. The highest BCUT2D eigenvalue weighted by Gasteiger charge is 2.26. The van der Waals surface area contributed by atoms with Gasteiger partial charge in [0, 0.05) is 13.0 Å². The zero-order chi connectivity index (χ0) is 39.9. The Morgan fingerprint density at radius 1 is 0.574 bits per heavy atom. The van der Waals surface area contributed by atoms with Gasteiger partial charge >= 0.3 is 13.8 Å². The van der Waals surface area contributed by atoms with Gasteiger partial charge < -0.3 is 18.9 Å². The second-order valence-electron chi connectivity index (χ2n) is 16.1. The molecule has 0 amide bonds. The molecule has 2 atom stereocenters. The van der Waals surface area contributed by atoms with E-state index < -0.39 is 13.9 Å². The number of carbonyl (C=O) groups excluding carboxylic acids is 1. The van der Waals surface area contributed by atoms with Crippen LogP contribution in [0, 0.1) is 0 Å². The number of hydrogen-bond donors (Lipinski definition) is 1. The average Bonchev–Trinajstić information content (AvgIpc) is 3.12. The van der Waals surface area contributed by atoms with Gasteiger partial charge in [0.15, 0.2) is 0 Å². The number of quaternary nitrogens is 1. The molecule has 0 saturated carbocycles. The molecule has 0 aliphatic carbocycles. The second kappa shape index (κ2) is 38.6. The van der Waals surface area contributed by atoms with E-state index in [4.69, 9.17) is 18.5 Å². The second-order valence-corrected chi connectivity index (χ2v) is 17.5. The zero-order valence-corrected chi connectivity index (χ0v) is 36.9. The Morgan fingerprint density at radius 3 is 1.56 bits per heavy atom. The number of ether oxygens (including phenoxy) is 2. The predicted molar refractivity (Wildman–Crippen MR) is 229 cm³/mol. The lowest BCUT2D eigenvalue weighted by atomic mass is 10.1. The first kappa shape index (κ1) is 52.7. The minimum atomic E-state index is -4.28. The molecule has 0 aromatic heterocycles. The number of carbonyl (C=O) groups is 1. The molecular weight excluding hydrogens is 697 g/mol. The number of phosphoric acid groups is 1. The van der Waals surface area contributed by atoms with Crippen molar-refractivity contribution in [3.05, 3.63) is 36.5 Å². The lowest BCUT2D eigenvalue weighted by Gasteiger charge is -2.24. The molecule has 2 unspecified atom stereocenters. The number of likely N-dealkylation sites (N-methyl/N-ethyl adjacent to an activating group) is 1. The summed E-state index contributed by atoms with van der Waals surface area (Å²) in [6.45, 7) is 5.57. The van der Waals surface area contributed by atoms with Gasteiger partial charge in [0.25, 0.3) is 0 Å². The van der Waals surface area contributed by atoms with Crippen LogP contribution in [0.2, 0.25) is 0 Å². The maximum Gasteiger partial charge on any atom is 0.472 e. The van der Waals surface area contributed by atoms with Crippen molar-refractivity contribution < 1.29 is 37.3 Å². The van der Waals surface area contributed by atoms with E-state index in [0.29, 0.717) is 24.1 Å². The Morgan fingerprint density at radius 2 is 1.02 bits per heavy atom. The van der Waals surface area contributed by atoms with E-state index >= 15 is 0 Å². The molecule has 0 rings (SSSR count). The van der Waals surface area contributed by atoms with Gasteiger partial charge in [0.1, 0.15) is 19.3 Å². The Hall–Kier alpha value is -1.28. The molecule has 0 bridgehead atoms. The van der Waals surface area contributed by atoms with E-state index in [9.17, 15) is 14.3 Å². The third kappa shape index (κ3) is 41.9. The summed E-state index contributed by atoms with van der Waals surface area (Å²) in [5, 5.41) is 0. The van der Waals surface area contributed by atoms with Crippen LogP contribution in [0.15, 0.2) is 36.5 Å². The summed E-state index contributed by atoms with van der Waals surface area (Å²) in [5.74, 6) is -0.329. The Balaban J connectivity index is 4.26. The van der Waals surface area contributed by atoms with Gasteiger partial charge in [-0.25, -0.2) is 4.57 Å². The molecule has 0 fully saturated rings. The van der Waals surface area contributed by atoms with E-state index in [1.54, 1.807) is 0 Å². The van der Waals surface area contributed by atoms with Crippen molar-refractivity contribution in [2.24, 2.45) is 0 Å². The van der Waals surface area contributed by atoms with Crippen LogP contribution in [-0.2, 0) is 27.9 Å². The summed E-state index contributed by atoms with van der Waals surface area (Å²) in [5.41, 5.74) is 0. The molecule has 9 heteroatoms. The molecule has 0 aliphatic rings. The van der Waals surface area contributed by atoms with Crippen molar-refractivity contribution >= 4 is 13.8 Å². The monoisotopic (exact) mass is 785 g/mol. The lowest BCUT2D eigenvalue weighted by molar-refractivity contribution is -0.870. The number of unbranched alkanes of at least 4 members (excludes halogenated alkanes) is 21. The first-order valence-electron chi connectivity index (χ1n) is 22.2. The molecule has 0 aliphatic heterocycles. The highest BCUT2D eigenvalue weighted by atomic mass is 31.2. The summed E-state index contributed by atoms with van der Waals surface area (Å²) in [7, 11) is 1.65. The van der Waals surface area contributed by atoms with Gasteiger partial charge in [-0.3, -0.25) is 13.8 Å². The smallest absolute Gasteiger partial charge is 0.457 e. The third-order valence-corrected chi connectivity index (χ3v) is 10.4. The molecular formula is C45H87NO7P+. The van der Waals surface area contributed by atoms with Crippen LogP contribution >= 0.6 is 7.82 Å². The molecule has 8 nitrogen and oxygen atoms in total. The van der Waals surface area contributed by atoms with Crippen molar-refractivity contribution in [3.8, 4) is 0 Å². The number of hydrogen-bond acceptors (Lipinski definition) is 6. The van der Waals surface area contributed by atoms with Crippen LogP contribution < -0.4 is 0 Å². The normalized spacial score (nSPS) is 14.1. The summed E-state index contributed by atoms with van der Waals surface area (Å²) in [6, 6.07) is 0. The fraction of sp³-hybridized carbons (Fsp3) is 0.844. The largest absolute Gasteiger partial charge is 0.472 e. The van der Waals surface area contributed by atoms with Gasteiger partial charge in [-0.15, -0.1) is 0 Å². The first-order valence-corrected chi connectivity index (χ1v) is 23.7. The topological polar surface area (TPSA) is 91.3 Å². The molecule has 0 spiro atoms. The van der Waals surface area contributed by atoms with Crippen molar-refractivity contribution in [1.82, 2.24) is 0 Å². The number of phosphoric ester groups is 1. The van der Waals surface area contributed by atoms with Gasteiger partial charge in [-0.2, -0.15) is 0 Å². The Bertz CT molecular complexity index is 962. The molecule has 0 aromatic carbocycles. The fourth-order valence-corrected chi connectivity index (χ4v) is 6.67. The average molecular weight is 785 g/mol. The van der Waals surface area contributed by atoms with Crippen LogP contribution in [0.4, 0.5) is 0 Å². The number of nitrogens with zero attached hydrogens (tertiary/aromatic N) is 1. The van der Waals surface area contributed by atoms with Crippen LogP contribution in [0.5, 0.6) is 0 Å². The third-order valence-electron chi connectivity index (χ3n) is 9.42. The highest BCUT2D eigenvalue weighted by molar-refractivity contribution is 7.47. The van der Waals surface area contributed by atoms with E-state index in [0.717, 1.165) is 57.8 Å². The molecule has 0 radical (unpaired) electrons. The standard InChI is InChI=1S/C45H86NO7P/c1-6-8-10-12-14-16-18-20-22-23-25-27-29-31-33-35-37-40-50-42-44(43-52-54(48,49)51-41-39-46(3,4)5)53-45(47)38-36-34-32-30-28-26-24-21-19-17-15-13-11-9-7-2/h15,17,21-24,44H,6-14,16,18-20,25-43H2,1-5H3/p+1/b17-15-,23-22-,24-21-. The molecule has 0 heterocycles. The van der Waals surface area contributed by atoms with Gasteiger partial charge in [-0.05, 0) is 70.6 Å². The van der Waals surface area contributed by atoms with Crippen molar-refractivity contribution in [1.29, 1.82) is 0 Å². The van der Waals surface area contributed by atoms with E-state index in [1.807, 2.05) is 21.1 Å². The molecule has 1 N–H and O–H groups in total. The zero-order valence-electron chi connectivity index (χ0n) is 36.0. The lowest BCUT2D eigenvalue weighted by Crippen LogP contribution is -2.37. The van der Waals surface area contributed by atoms with E-state index in [1.165, 1.54) is 109 Å². The minimum absolute atomic E-state index is 0.0844. The molecule has 0 aromatic rings. The number of allylic oxidation sites excluding steroid dienone is 6. The summed E-state index contributed by atoms with van der Waals surface area (Å²) < 4.78 is 35.0. The first-order chi connectivity index (χ1) is 26.1. The summed E-state index contributed by atoms with van der Waals surface area (Å²) in [4.78, 5) is 22.9. The SMILES string of the molecule is CCCCC/C=C\C/C=C\CCCCCCCC(=O)OC(COCCCCCCCC/C=C\CCCCCCCCC)COP(=O)(O)OCC[N+](C)(C)C. The van der Waals surface area contributed by atoms with Gasteiger partial charge in [0.05, 0.1) is 34.4 Å². The molecule has 54 heavy (non-hydrogen) atoms. The summed E-state index contributed by atoms with van der Waals surface area (Å²) >= 11 is 0. The van der Waals surface area contributed by atoms with E-state index in [2.05, 4.69) is 50.3 Å². The summed E-state index contributed by atoms with van der Waals surface area (Å²) in [6.07, 6.45) is 44.6. The van der Waals surface area contributed by atoms with Crippen molar-refractivity contribution in [3.63, 3.8) is 0 Å². The van der Waals surface area contributed by atoms with Crippen LogP contribution in [0.1, 0.15) is 187 Å².